The molecule has 0 radical (unpaired) electrons. The van der Waals surface area contributed by atoms with E-state index in [1.165, 1.54) is 0 Å². The van der Waals surface area contributed by atoms with Crippen LogP contribution in [0.1, 0.15) is 40.3 Å². The van der Waals surface area contributed by atoms with Crippen LogP contribution in [0.2, 0.25) is 0 Å². The molecule has 2 rings (SSSR count). The molecule has 0 saturated carbocycles. The maximum atomic E-state index is 6.03. The van der Waals surface area contributed by atoms with Crippen molar-refractivity contribution < 1.29 is 9.31 Å². The highest BCUT2D eigenvalue weighted by Crippen LogP contribution is 2.36. The second kappa shape index (κ2) is 5.02. The molecule has 110 valence electrons. The van der Waals surface area contributed by atoms with Crippen molar-refractivity contribution >= 4 is 18.3 Å². The van der Waals surface area contributed by atoms with E-state index in [0.29, 0.717) is 12.1 Å². The fourth-order valence-corrected chi connectivity index (χ4v) is 2.14. The molecule has 1 atom stereocenters. The molecule has 0 aliphatic carbocycles. The lowest BCUT2D eigenvalue weighted by atomic mass is 9.78. The molecule has 1 aliphatic rings. The fourth-order valence-electron chi connectivity index (χ4n) is 2.14. The summed E-state index contributed by atoms with van der Waals surface area (Å²) in [5.74, 6) is 0. The first kappa shape index (κ1) is 15.3. The van der Waals surface area contributed by atoms with Crippen molar-refractivity contribution in [2.45, 2.75) is 58.3 Å². The summed E-state index contributed by atoms with van der Waals surface area (Å²) in [7, 11) is -0.463. The summed E-state index contributed by atoms with van der Waals surface area (Å²) in [6.07, 6.45) is 2.35. The quantitative estimate of drug-likeness (QED) is 0.800. The Labute approximate surface area is 121 Å². The lowest BCUT2D eigenvalue weighted by Gasteiger charge is -2.32. The van der Waals surface area contributed by atoms with Crippen molar-refractivity contribution in [3.05, 3.63) is 18.0 Å². The minimum absolute atomic E-state index is 0.0530. The van der Waals surface area contributed by atoms with Crippen LogP contribution in [0.3, 0.4) is 0 Å². The molecular formula is C14H24BN3O2. The number of pyridine rings is 1. The second-order valence-electron chi connectivity index (χ2n) is 6.57. The van der Waals surface area contributed by atoms with Gasteiger partial charge in [0, 0.05) is 35.5 Å². The Hall–Kier alpha value is -1.11. The molecule has 1 fully saturated rings. The molecule has 1 aromatic rings. The van der Waals surface area contributed by atoms with Gasteiger partial charge in [0.2, 0.25) is 0 Å². The van der Waals surface area contributed by atoms with Gasteiger partial charge >= 0.3 is 7.12 Å². The summed E-state index contributed by atoms with van der Waals surface area (Å²) in [6.45, 7) is 10.0. The van der Waals surface area contributed by atoms with E-state index in [-0.39, 0.29) is 17.2 Å². The zero-order valence-electron chi connectivity index (χ0n) is 12.9. The Morgan fingerprint density at radius 1 is 1.25 bits per heavy atom. The van der Waals surface area contributed by atoms with E-state index in [4.69, 9.17) is 20.8 Å². The highest BCUT2D eigenvalue weighted by atomic mass is 16.7. The van der Waals surface area contributed by atoms with Gasteiger partial charge < -0.3 is 20.8 Å². The molecule has 0 spiro atoms. The first-order valence-corrected chi connectivity index (χ1v) is 6.98. The Morgan fingerprint density at radius 3 is 2.30 bits per heavy atom. The van der Waals surface area contributed by atoms with Crippen LogP contribution < -0.4 is 16.9 Å². The fraction of sp³-hybridized carbons (Fsp3) is 0.643. The minimum atomic E-state index is -0.463. The Bertz CT molecular complexity index is 487. The smallest absolute Gasteiger partial charge is 0.399 e. The SMILES string of the molecule is CC(N)Cc1cc(B2OC(C)(C)C(C)(C)O2)c(N)cn1. The number of anilines is 1. The van der Waals surface area contributed by atoms with Gasteiger partial charge in [-0.3, -0.25) is 4.98 Å². The van der Waals surface area contributed by atoms with Crippen LogP contribution in [0.25, 0.3) is 0 Å². The Morgan fingerprint density at radius 2 is 1.80 bits per heavy atom. The number of hydrogen-bond acceptors (Lipinski definition) is 5. The van der Waals surface area contributed by atoms with Gasteiger partial charge in [-0.25, -0.2) is 0 Å². The van der Waals surface area contributed by atoms with Crippen molar-refractivity contribution in [1.82, 2.24) is 4.98 Å². The van der Waals surface area contributed by atoms with E-state index < -0.39 is 7.12 Å². The second-order valence-corrected chi connectivity index (χ2v) is 6.57. The molecule has 5 nitrogen and oxygen atoms in total. The molecule has 1 unspecified atom stereocenters. The van der Waals surface area contributed by atoms with Crippen molar-refractivity contribution in [3.8, 4) is 0 Å². The molecule has 4 N–H and O–H groups in total. The van der Waals surface area contributed by atoms with Crippen LogP contribution in [0.15, 0.2) is 12.3 Å². The molecular weight excluding hydrogens is 253 g/mol. The molecule has 0 amide bonds. The summed E-state index contributed by atoms with van der Waals surface area (Å²) >= 11 is 0. The van der Waals surface area contributed by atoms with Gasteiger partial charge in [-0.05, 0) is 40.7 Å². The van der Waals surface area contributed by atoms with E-state index in [1.807, 2.05) is 40.7 Å². The van der Waals surface area contributed by atoms with Crippen molar-refractivity contribution in [2.75, 3.05) is 5.73 Å². The normalized spacial score (nSPS) is 22.0. The number of aromatic nitrogens is 1. The first-order valence-electron chi connectivity index (χ1n) is 6.98. The van der Waals surface area contributed by atoms with Crippen LogP contribution >= 0.6 is 0 Å². The third kappa shape index (κ3) is 2.82. The molecule has 6 heteroatoms. The average Bonchev–Trinajstić information content (AvgIpc) is 2.50. The molecule has 1 aliphatic heterocycles. The van der Waals surface area contributed by atoms with Crippen LogP contribution in [0.5, 0.6) is 0 Å². The number of hydrogen-bond donors (Lipinski definition) is 2. The van der Waals surface area contributed by atoms with E-state index >= 15 is 0 Å². The predicted octanol–water partition coefficient (Wildman–Crippen LogP) is 0.853. The molecule has 0 bridgehead atoms. The largest absolute Gasteiger partial charge is 0.497 e. The summed E-state index contributed by atoms with van der Waals surface area (Å²) in [5.41, 5.74) is 13.4. The summed E-state index contributed by atoms with van der Waals surface area (Å²) in [4.78, 5) is 4.31. The Kier molecular flexibility index (Phi) is 3.84. The maximum Gasteiger partial charge on any atom is 0.497 e. The van der Waals surface area contributed by atoms with Gasteiger partial charge in [-0.1, -0.05) is 0 Å². The van der Waals surface area contributed by atoms with Crippen LogP contribution in [-0.2, 0) is 15.7 Å². The maximum absolute atomic E-state index is 6.03. The highest BCUT2D eigenvalue weighted by Gasteiger charge is 2.52. The van der Waals surface area contributed by atoms with Crippen LogP contribution in [-0.4, -0.2) is 29.3 Å². The molecule has 0 aromatic carbocycles. The molecule has 1 aromatic heterocycles. The number of nitrogens with zero attached hydrogens (tertiary/aromatic N) is 1. The molecule has 1 saturated heterocycles. The number of rotatable bonds is 3. The van der Waals surface area contributed by atoms with Crippen molar-refractivity contribution in [2.24, 2.45) is 5.73 Å². The first-order chi connectivity index (χ1) is 9.12. The number of nitrogen functional groups attached to an aromatic ring is 1. The average molecular weight is 277 g/mol. The van der Waals surface area contributed by atoms with Crippen molar-refractivity contribution in [1.29, 1.82) is 0 Å². The zero-order chi connectivity index (χ0) is 15.1. The van der Waals surface area contributed by atoms with E-state index in [9.17, 15) is 0 Å². The van der Waals surface area contributed by atoms with E-state index in [2.05, 4.69) is 4.98 Å². The monoisotopic (exact) mass is 277 g/mol. The third-order valence-corrected chi connectivity index (χ3v) is 4.06. The van der Waals surface area contributed by atoms with Crippen LogP contribution in [0.4, 0.5) is 5.69 Å². The topological polar surface area (TPSA) is 83.4 Å². The Balaban J connectivity index is 2.30. The molecule has 2 heterocycles. The minimum Gasteiger partial charge on any atom is -0.399 e. The lowest BCUT2D eigenvalue weighted by Crippen LogP contribution is -2.41. The van der Waals surface area contributed by atoms with Gasteiger partial charge in [0.1, 0.15) is 0 Å². The van der Waals surface area contributed by atoms with E-state index in [0.717, 1.165) is 11.2 Å². The lowest BCUT2D eigenvalue weighted by molar-refractivity contribution is 0.00578. The highest BCUT2D eigenvalue weighted by molar-refractivity contribution is 6.63. The molecule has 20 heavy (non-hydrogen) atoms. The van der Waals surface area contributed by atoms with Crippen molar-refractivity contribution in [3.63, 3.8) is 0 Å². The standard InChI is InChI=1S/C14H24BN3O2/c1-9(16)6-10-7-11(12(17)8-18-10)15-19-13(2,3)14(4,5)20-15/h7-9H,6,16-17H2,1-5H3. The zero-order valence-corrected chi connectivity index (χ0v) is 12.9. The predicted molar refractivity (Wildman–Crippen MR) is 81.7 cm³/mol. The van der Waals surface area contributed by atoms with Gasteiger partial charge in [0.25, 0.3) is 0 Å². The summed E-state index contributed by atoms with van der Waals surface area (Å²) in [6, 6.07) is 1.98. The third-order valence-electron chi connectivity index (χ3n) is 4.06. The van der Waals surface area contributed by atoms with Gasteiger partial charge in [-0.15, -0.1) is 0 Å². The summed E-state index contributed by atoms with van der Waals surface area (Å²) in [5, 5.41) is 0. The van der Waals surface area contributed by atoms with Gasteiger partial charge in [-0.2, -0.15) is 0 Å². The summed E-state index contributed by atoms with van der Waals surface area (Å²) < 4.78 is 12.1. The number of nitrogens with two attached hydrogens (primary N) is 2. The van der Waals surface area contributed by atoms with E-state index in [1.54, 1.807) is 6.20 Å². The van der Waals surface area contributed by atoms with Gasteiger partial charge in [0.15, 0.2) is 0 Å². The van der Waals surface area contributed by atoms with Crippen LogP contribution in [0, 0.1) is 0 Å². The van der Waals surface area contributed by atoms with Gasteiger partial charge in [0.05, 0.1) is 11.2 Å².